The Labute approximate surface area is 119 Å². The average molecular weight is 286 g/mol. The first-order valence-electron chi connectivity index (χ1n) is 5.38. The molecular weight excluding hydrogens is 278 g/mol. The number of benzene rings is 1. The summed E-state index contributed by atoms with van der Waals surface area (Å²) in [5, 5.41) is 21.1. The average Bonchev–Trinajstić information content (AvgIpc) is 2.49. The van der Waals surface area contributed by atoms with Crippen molar-refractivity contribution in [3.63, 3.8) is 0 Å². The minimum absolute atomic E-state index is 0.200. The van der Waals surface area contributed by atoms with E-state index in [1.54, 1.807) is 6.07 Å². The molecule has 8 heteroatoms. The van der Waals surface area contributed by atoms with E-state index in [9.17, 15) is 0 Å². The van der Waals surface area contributed by atoms with E-state index in [0.717, 1.165) is 0 Å². The number of hydrogen-bond acceptors (Lipinski definition) is 7. The first kappa shape index (κ1) is 13.6. The second kappa shape index (κ2) is 5.85. The number of nitrogen functional groups attached to an aromatic ring is 1. The van der Waals surface area contributed by atoms with E-state index < -0.39 is 0 Å². The van der Waals surface area contributed by atoms with Crippen LogP contribution >= 0.6 is 11.6 Å². The van der Waals surface area contributed by atoms with E-state index >= 15 is 0 Å². The Morgan fingerprint density at radius 2 is 1.95 bits per heavy atom. The van der Waals surface area contributed by atoms with Gasteiger partial charge in [-0.2, -0.15) is 15.5 Å². The van der Waals surface area contributed by atoms with Gasteiger partial charge < -0.3 is 5.32 Å². The lowest BCUT2D eigenvalue weighted by Crippen LogP contribution is -2.11. The molecule has 2 rings (SSSR count). The zero-order valence-electron chi connectivity index (χ0n) is 10.1. The van der Waals surface area contributed by atoms with E-state index in [0.29, 0.717) is 22.1 Å². The lowest BCUT2D eigenvalue weighted by atomic mass is 10.1. The monoisotopic (exact) mass is 285 g/mol. The predicted octanol–water partition coefficient (Wildman–Crippen LogP) is 1.90. The molecule has 0 radical (unpaired) electrons. The highest BCUT2D eigenvalue weighted by Gasteiger charge is 2.07. The zero-order valence-corrected chi connectivity index (χ0v) is 10.8. The smallest absolute Gasteiger partial charge is 0.239 e. The van der Waals surface area contributed by atoms with Gasteiger partial charge in [-0.05, 0) is 18.2 Å². The topological polar surface area (TPSA) is 123 Å². The van der Waals surface area contributed by atoms with Gasteiger partial charge in [-0.15, -0.1) is 0 Å². The molecule has 0 bridgehead atoms. The van der Waals surface area contributed by atoms with Crippen molar-refractivity contribution in [2.45, 2.75) is 0 Å². The normalized spacial score (nSPS) is 9.40. The van der Waals surface area contributed by atoms with Crippen molar-refractivity contribution in [2.75, 3.05) is 10.7 Å². The molecule has 7 nitrogen and oxygen atoms in total. The summed E-state index contributed by atoms with van der Waals surface area (Å²) in [5.74, 6) is 5.76. The minimum Gasteiger partial charge on any atom is -0.339 e. The fourth-order valence-corrected chi connectivity index (χ4v) is 1.61. The summed E-state index contributed by atoms with van der Waals surface area (Å²) in [5.41, 5.74) is 3.44. The Kier molecular flexibility index (Phi) is 3.96. The summed E-state index contributed by atoms with van der Waals surface area (Å²) in [6.07, 6.45) is 1.39. The van der Waals surface area contributed by atoms with Crippen molar-refractivity contribution in [1.29, 1.82) is 10.5 Å². The lowest BCUT2D eigenvalue weighted by molar-refractivity contribution is 1.12. The van der Waals surface area contributed by atoms with Crippen LogP contribution in [-0.4, -0.2) is 9.97 Å². The van der Waals surface area contributed by atoms with Crippen LogP contribution in [-0.2, 0) is 0 Å². The first-order valence-corrected chi connectivity index (χ1v) is 5.76. The molecule has 1 aromatic carbocycles. The van der Waals surface area contributed by atoms with Crippen LogP contribution in [0, 0.1) is 22.7 Å². The molecule has 0 aliphatic heterocycles. The van der Waals surface area contributed by atoms with Gasteiger partial charge in [0, 0.05) is 5.69 Å². The third-order valence-electron chi connectivity index (χ3n) is 2.40. The number of hydrazine groups is 1. The van der Waals surface area contributed by atoms with E-state index in [1.165, 1.54) is 18.3 Å². The van der Waals surface area contributed by atoms with Crippen LogP contribution in [0.3, 0.4) is 0 Å². The quantitative estimate of drug-likeness (QED) is 0.581. The van der Waals surface area contributed by atoms with Crippen molar-refractivity contribution in [2.24, 2.45) is 5.84 Å². The summed E-state index contributed by atoms with van der Waals surface area (Å²) in [6.45, 7) is 0. The highest BCUT2D eigenvalue weighted by Crippen LogP contribution is 2.24. The van der Waals surface area contributed by atoms with Gasteiger partial charge in [-0.1, -0.05) is 11.6 Å². The molecule has 0 aliphatic carbocycles. The molecule has 0 saturated heterocycles. The fraction of sp³-hybridized carbons (Fsp3) is 0. The molecular formula is C12H8ClN7. The Bertz CT molecular complexity index is 730. The van der Waals surface area contributed by atoms with E-state index in [1.807, 2.05) is 12.1 Å². The zero-order chi connectivity index (χ0) is 14.5. The standard InChI is InChI=1S/C12H8ClN7/c13-10-6-17-12(20-16)19-11(10)18-9-2-1-7(4-14)8(3-9)5-15/h1-3,6H,16H2,(H2,17,18,19,20). The van der Waals surface area contributed by atoms with Gasteiger partial charge in [0.25, 0.3) is 0 Å². The number of nitrogens with two attached hydrogens (primary N) is 1. The molecule has 20 heavy (non-hydrogen) atoms. The number of nitriles is 2. The minimum atomic E-state index is 0.200. The molecule has 1 aromatic heterocycles. The van der Waals surface area contributed by atoms with Gasteiger partial charge >= 0.3 is 0 Å². The number of anilines is 3. The fourth-order valence-electron chi connectivity index (χ4n) is 1.47. The van der Waals surface area contributed by atoms with E-state index in [-0.39, 0.29) is 11.5 Å². The van der Waals surface area contributed by atoms with E-state index in [4.69, 9.17) is 28.0 Å². The van der Waals surface area contributed by atoms with Crippen LogP contribution in [0.2, 0.25) is 5.02 Å². The van der Waals surface area contributed by atoms with E-state index in [2.05, 4.69) is 20.7 Å². The third kappa shape index (κ3) is 2.75. The van der Waals surface area contributed by atoms with Crippen molar-refractivity contribution < 1.29 is 0 Å². The second-order valence-electron chi connectivity index (χ2n) is 3.64. The number of rotatable bonds is 3. The SMILES string of the molecule is N#Cc1ccc(Nc2nc(NN)ncc2Cl)cc1C#N. The van der Waals surface area contributed by atoms with Crippen LogP contribution in [0.5, 0.6) is 0 Å². The van der Waals surface area contributed by atoms with Crippen molar-refractivity contribution >= 4 is 29.1 Å². The Hall–Kier alpha value is -2.87. The van der Waals surface area contributed by atoms with Crippen LogP contribution in [0.15, 0.2) is 24.4 Å². The van der Waals surface area contributed by atoms with Gasteiger partial charge in [-0.3, -0.25) is 5.43 Å². The molecule has 1 heterocycles. The Morgan fingerprint density at radius 1 is 1.20 bits per heavy atom. The highest BCUT2D eigenvalue weighted by atomic mass is 35.5. The summed E-state index contributed by atoms with van der Waals surface area (Å²) in [4.78, 5) is 7.89. The highest BCUT2D eigenvalue weighted by molar-refractivity contribution is 6.32. The number of nitrogens with one attached hydrogen (secondary N) is 2. The molecule has 0 unspecified atom stereocenters. The van der Waals surface area contributed by atoms with Crippen LogP contribution in [0.25, 0.3) is 0 Å². The maximum absolute atomic E-state index is 8.97. The first-order chi connectivity index (χ1) is 9.67. The molecule has 98 valence electrons. The molecule has 0 amide bonds. The Morgan fingerprint density at radius 3 is 2.60 bits per heavy atom. The van der Waals surface area contributed by atoms with Gasteiger partial charge in [0.05, 0.1) is 17.3 Å². The van der Waals surface area contributed by atoms with Crippen LogP contribution in [0.4, 0.5) is 17.5 Å². The molecule has 4 N–H and O–H groups in total. The van der Waals surface area contributed by atoms with Gasteiger partial charge in [0.15, 0.2) is 5.82 Å². The summed E-state index contributed by atoms with van der Waals surface area (Å²) in [7, 11) is 0. The van der Waals surface area contributed by atoms with Gasteiger partial charge in [-0.25, -0.2) is 10.8 Å². The molecule has 2 aromatic rings. The summed E-state index contributed by atoms with van der Waals surface area (Å²) in [6, 6.07) is 8.61. The maximum atomic E-state index is 8.97. The van der Waals surface area contributed by atoms with Gasteiger partial charge in [0.2, 0.25) is 5.95 Å². The molecule has 0 saturated carbocycles. The largest absolute Gasteiger partial charge is 0.339 e. The Balaban J connectivity index is 2.36. The maximum Gasteiger partial charge on any atom is 0.239 e. The molecule has 0 aliphatic rings. The molecule has 0 fully saturated rings. The predicted molar refractivity (Wildman–Crippen MR) is 74.0 cm³/mol. The van der Waals surface area contributed by atoms with Crippen LogP contribution < -0.4 is 16.6 Å². The van der Waals surface area contributed by atoms with Crippen LogP contribution in [0.1, 0.15) is 11.1 Å². The number of halogens is 1. The lowest BCUT2D eigenvalue weighted by Gasteiger charge is -2.09. The number of aromatic nitrogens is 2. The third-order valence-corrected chi connectivity index (χ3v) is 2.67. The summed E-state index contributed by atoms with van der Waals surface area (Å²) < 4.78 is 0. The van der Waals surface area contributed by atoms with Crippen molar-refractivity contribution in [3.8, 4) is 12.1 Å². The van der Waals surface area contributed by atoms with Gasteiger partial charge in [0.1, 0.15) is 17.2 Å². The molecule has 0 spiro atoms. The summed E-state index contributed by atoms with van der Waals surface area (Å²) >= 11 is 5.96. The van der Waals surface area contributed by atoms with Crippen molar-refractivity contribution in [3.05, 3.63) is 40.5 Å². The molecule has 0 atom stereocenters. The van der Waals surface area contributed by atoms with Crippen molar-refractivity contribution in [1.82, 2.24) is 9.97 Å². The number of nitrogens with zero attached hydrogens (tertiary/aromatic N) is 4. The second-order valence-corrected chi connectivity index (χ2v) is 4.05. The number of hydrogen-bond donors (Lipinski definition) is 3.